The summed E-state index contributed by atoms with van der Waals surface area (Å²) in [6.07, 6.45) is 8.58. The van der Waals surface area contributed by atoms with Gasteiger partial charge in [-0.2, -0.15) is 5.10 Å². The van der Waals surface area contributed by atoms with E-state index in [2.05, 4.69) is 49.2 Å². The lowest BCUT2D eigenvalue weighted by atomic mass is 9.89. The van der Waals surface area contributed by atoms with E-state index in [0.29, 0.717) is 33.9 Å². The van der Waals surface area contributed by atoms with Crippen LogP contribution in [0.25, 0.3) is 16.6 Å². The van der Waals surface area contributed by atoms with E-state index < -0.39 is 10.0 Å². The number of rotatable bonds is 8. The van der Waals surface area contributed by atoms with Crippen LogP contribution in [-0.2, 0) is 23.6 Å². The summed E-state index contributed by atoms with van der Waals surface area (Å²) in [7, 11) is -1.55. The molecule has 3 N–H and O–H groups in total. The third kappa shape index (κ3) is 5.75. The summed E-state index contributed by atoms with van der Waals surface area (Å²) in [5, 5.41) is 12.0. The third-order valence-corrected chi connectivity index (χ3v) is 7.86. The molecule has 0 radical (unpaired) electrons. The number of aromatic nitrogens is 5. The average Bonchev–Trinajstić information content (AvgIpc) is 3.44. The molecule has 1 fully saturated rings. The molecule has 3 aromatic heterocycles. The lowest BCUT2D eigenvalue weighted by molar-refractivity contribution is 0.102. The molecule has 39 heavy (non-hydrogen) atoms. The number of nitrogens with one attached hydrogen (secondary N) is 3. The van der Waals surface area contributed by atoms with Crippen molar-refractivity contribution in [1.82, 2.24) is 34.2 Å². The molecule has 0 spiro atoms. The Labute approximate surface area is 227 Å². The van der Waals surface area contributed by atoms with Gasteiger partial charge in [-0.15, -0.1) is 0 Å². The molecule has 1 aliphatic heterocycles. The Morgan fingerprint density at radius 2 is 1.87 bits per heavy atom. The van der Waals surface area contributed by atoms with E-state index in [9.17, 15) is 13.2 Å². The number of hydrogen-bond donors (Lipinski definition) is 3. The van der Waals surface area contributed by atoms with Crippen molar-refractivity contribution in [3.8, 4) is 0 Å². The Hall–Kier alpha value is -3.55. The highest BCUT2D eigenvalue weighted by Crippen LogP contribution is 2.33. The van der Waals surface area contributed by atoms with Gasteiger partial charge in [0, 0.05) is 49.1 Å². The largest absolute Gasteiger partial charge is 0.371 e. The molecule has 0 bridgehead atoms. The first kappa shape index (κ1) is 27.0. The zero-order chi connectivity index (χ0) is 27.9. The predicted molar refractivity (Wildman–Crippen MR) is 152 cm³/mol. The highest BCUT2D eigenvalue weighted by molar-refractivity contribution is 7.88. The summed E-state index contributed by atoms with van der Waals surface area (Å²) >= 11 is 0. The second-order valence-electron chi connectivity index (χ2n) is 10.5. The van der Waals surface area contributed by atoms with E-state index in [1.54, 1.807) is 21.5 Å². The maximum absolute atomic E-state index is 13.4. The maximum Gasteiger partial charge on any atom is 0.259 e. The van der Waals surface area contributed by atoms with Gasteiger partial charge in [-0.05, 0) is 45.4 Å². The fourth-order valence-electron chi connectivity index (χ4n) is 5.27. The van der Waals surface area contributed by atoms with Crippen molar-refractivity contribution in [3.63, 3.8) is 0 Å². The molecule has 1 saturated heterocycles. The molecular weight excluding hydrogens is 518 g/mol. The molecule has 0 aliphatic carbocycles. The molecule has 0 unspecified atom stereocenters. The van der Waals surface area contributed by atoms with Crippen molar-refractivity contribution in [2.45, 2.75) is 45.7 Å². The molecular formula is C26H35N9O3S. The van der Waals surface area contributed by atoms with E-state index in [-0.39, 0.29) is 18.0 Å². The topological polar surface area (TPSA) is 139 Å². The minimum atomic E-state index is -3.40. The van der Waals surface area contributed by atoms with Crippen LogP contribution in [0.15, 0.2) is 30.7 Å². The number of nitrogens with zero attached hydrogens (tertiary/aromatic N) is 6. The van der Waals surface area contributed by atoms with Crippen LogP contribution in [0.3, 0.4) is 0 Å². The molecule has 4 heterocycles. The molecule has 1 aliphatic rings. The smallest absolute Gasteiger partial charge is 0.259 e. The Bertz CT molecular complexity index is 1650. The number of carbonyl (C=O) groups is 1. The number of sulfonamides is 1. The summed E-state index contributed by atoms with van der Waals surface area (Å²) < 4.78 is 29.1. The van der Waals surface area contributed by atoms with E-state index in [1.807, 2.05) is 32.3 Å². The lowest BCUT2D eigenvalue weighted by Crippen LogP contribution is -2.51. The van der Waals surface area contributed by atoms with E-state index in [1.165, 1.54) is 0 Å². The van der Waals surface area contributed by atoms with Gasteiger partial charge in [-0.1, -0.05) is 6.92 Å². The van der Waals surface area contributed by atoms with Crippen LogP contribution in [0, 0.1) is 6.92 Å². The van der Waals surface area contributed by atoms with Crippen LogP contribution in [0.5, 0.6) is 0 Å². The number of carbonyl (C=O) groups excluding carboxylic acids is 1. The van der Waals surface area contributed by atoms with Crippen LogP contribution in [-0.4, -0.2) is 69.9 Å². The number of anilines is 2. The van der Waals surface area contributed by atoms with Gasteiger partial charge in [0.15, 0.2) is 11.5 Å². The minimum Gasteiger partial charge on any atom is -0.371 e. The number of imidazole rings is 1. The third-order valence-electron chi connectivity index (χ3n) is 7.19. The number of hydrogen-bond acceptors (Lipinski definition) is 8. The number of amides is 1. The van der Waals surface area contributed by atoms with Crippen molar-refractivity contribution in [2.24, 2.45) is 7.05 Å². The van der Waals surface area contributed by atoms with E-state index in [0.717, 1.165) is 49.8 Å². The van der Waals surface area contributed by atoms with Crippen LogP contribution in [0.2, 0.25) is 0 Å². The fraction of sp³-hybridized carbons (Fsp3) is 0.462. The standard InChI is InChI=1S/C26H35N9O3S/c1-6-27-26(3)9-11-34(12-10-26)21-8-7-18(23-19(21)15-33(4)32-23)25(36)31-22-16-35-14-17(2)29-20(24(35)30-22)13-28-39(5,37)38/h7-8,14-16,27-28H,6,9-13H2,1-5H3,(H,31,36). The van der Waals surface area contributed by atoms with Gasteiger partial charge in [-0.25, -0.2) is 18.1 Å². The van der Waals surface area contributed by atoms with Gasteiger partial charge in [-0.3, -0.25) is 14.5 Å². The number of piperidine rings is 1. The van der Waals surface area contributed by atoms with E-state index in [4.69, 9.17) is 0 Å². The highest BCUT2D eigenvalue weighted by atomic mass is 32.2. The fourth-order valence-corrected chi connectivity index (χ4v) is 5.67. The van der Waals surface area contributed by atoms with Crippen LogP contribution >= 0.6 is 0 Å². The van der Waals surface area contributed by atoms with Crippen molar-refractivity contribution in [3.05, 3.63) is 47.7 Å². The first-order valence-corrected chi connectivity index (χ1v) is 14.9. The lowest BCUT2D eigenvalue weighted by Gasteiger charge is -2.41. The summed E-state index contributed by atoms with van der Waals surface area (Å²) in [6.45, 7) is 9.02. The average molecular weight is 554 g/mol. The molecule has 12 nitrogen and oxygen atoms in total. The first-order valence-electron chi connectivity index (χ1n) is 13.0. The second kappa shape index (κ2) is 10.2. The molecule has 5 rings (SSSR count). The monoisotopic (exact) mass is 553 g/mol. The number of benzene rings is 1. The van der Waals surface area contributed by atoms with Crippen molar-refractivity contribution >= 4 is 44.0 Å². The molecule has 4 aromatic rings. The Balaban J connectivity index is 1.41. The zero-order valence-corrected chi connectivity index (χ0v) is 23.8. The molecule has 13 heteroatoms. The van der Waals surface area contributed by atoms with Gasteiger partial charge in [0.05, 0.1) is 35.9 Å². The van der Waals surface area contributed by atoms with Crippen LogP contribution in [0.1, 0.15) is 48.4 Å². The summed E-state index contributed by atoms with van der Waals surface area (Å²) in [4.78, 5) is 24.7. The summed E-state index contributed by atoms with van der Waals surface area (Å²) in [5.41, 5.74) is 3.91. The highest BCUT2D eigenvalue weighted by Gasteiger charge is 2.30. The van der Waals surface area contributed by atoms with Crippen LogP contribution < -0.4 is 20.3 Å². The normalized spacial score (nSPS) is 15.8. The van der Waals surface area contributed by atoms with Crippen molar-refractivity contribution < 1.29 is 13.2 Å². The molecule has 208 valence electrons. The Morgan fingerprint density at radius 3 is 2.56 bits per heavy atom. The summed E-state index contributed by atoms with van der Waals surface area (Å²) in [5.74, 6) is 0.00687. The van der Waals surface area contributed by atoms with Gasteiger partial charge in [0.1, 0.15) is 5.52 Å². The van der Waals surface area contributed by atoms with Gasteiger partial charge >= 0.3 is 0 Å². The molecule has 1 aromatic carbocycles. The molecule has 0 saturated carbocycles. The first-order chi connectivity index (χ1) is 18.4. The van der Waals surface area contributed by atoms with E-state index >= 15 is 0 Å². The van der Waals surface area contributed by atoms with Gasteiger partial charge in [0.2, 0.25) is 10.0 Å². The maximum atomic E-state index is 13.4. The Morgan fingerprint density at radius 1 is 1.13 bits per heavy atom. The van der Waals surface area contributed by atoms with Crippen molar-refractivity contribution in [2.75, 3.05) is 36.1 Å². The predicted octanol–water partition coefficient (Wildman–Crippen LogP) is 2.19. The number of aryl methyl sites for hydroxylation is 2. The summed E-state index contributed by atoms with van der Waals surface area (Å²) in [6, 6.07) is 3.82. The SMILES string of the molecule is CCNC1(C)CCN(c2ccc(C(=O)Nc3cn4cc(C)nc(CNS(C)(=O)=O)c4n3)c3nn(C)cc23)CC1. The molecule has 1 amide bonds. The van der Waals surface area contributed by atoms with Crippen molar-refractivity contribution in [1.29, 1.82) is 0 Å². The van der Waals surface area contributed by atoms with Gasteiger partial charge < -0.3 is 19.9 Å². The Kier molecular flexibility index (Phi) is 7.08. The molecule has 0 atom stereocenters. The minimum absolute atomic E-state index is 0.00537. The number of fused-ring (bicyclic) bond motifs is 2. The van der Waals surface area contributed by atoms with Crippen LogP contribution in [0.4, 0.5) is 11.5 Å². The quantitative estimate of drug-likeness (QED) is 0.302. The van der Waals surface area contributed by atoms with Gasteiger partial charge in [0.25, 0.3) is 5.91 Å². The second-order valence-corrected chi connectivity index (χ2v) is 12.3. The zero-order valence-electron chi connectivity index (χ0n) is 22.9.